The van der Waals surface area contributed by atoms with Gasteiger partial charge in [-0.2, -0.15) is 0 Å². The quantitative estimate of drug-likeness (QED) is 0.641. The number of aryl methyl sites for hydroxylation is 2. The molecule has 1 aromatic carbocycles. The molecule has 3 rings (SSSR count). The number of nitrogens with zero attached hydrogens (tertiary/aromatic N) is 2. The van der Waals surface area contributed by atoms with Gasteiger partial charge in [0.15, 0.2) is 5.75 Å². The summed E-state index contributed by atoms with van der Waals surface area (Å²) in [5.74, 6) is 0.185. The predicted molar refractivity (Wildman–Crippen MR) is 117 cm³/mol. The van der Waals surface area contributed by atoms with Crippen molar-refractivity contribution in [3.63, 3.8) is 0 Å². The fraction of sp³-hybridized carbons (Fsp3) is 0.429. The third kappa shape index (κ3) is 3.81. The molecular formula is C21H25ClN2O4S. The number of amides is 2. The third-order valence-electron chi connectivity index (χ3n) is 5.22. The van der Waals surface area contributed by atoms with Gasteiger partial charge in [-0.25, -0.2) is 4.79 Å². The van der Waals surface area contributed by atoms with Gasteiger partial charge in [-0.05, 0) is 50.5 Å². The van der Waals surface area contributed by atoms with Crippen LogP contribution in [0.1, 0.15) is 41.8 Å². The van der Waals surface area contributed by atoms with Crippen molar-refractivity contribution in [3.05, 3.63) is 38.5 Å². The molecule has 2 amide bonds. The SMILES string of the molecule is CCOC(=O)N1c2cc(C)c(C)cc2N(C(=O)c2csc(Cl)c2OC)CC1CC. The highest BCUT2D eigenvalue weighted by molar-refractivity contribution is 7.15. The lowest BCUT2D eigenvalue weighted by Gasteiger charge is -2.42. The molecule has 1 atom stereocenters. The number of hydrogen-bond acceptors (Lipinski definition) is 5. The van der Waals surface area contributed by atoms with E-state index in [1.165, 1.54) is 18.4 Å². The summed E-state index contributed by atoms with van der Waals surface area (Å²) in [4.78, 5) is 29.6. The van der Waals surface area contributed by atoms with Crippen LogP contribution in [0.2, 0.25) is 4.34 Å². The van der Waals surface area contributed by atoms with E-state index in [4.69, 9.17) is 21.1 Å². The van der Waals surface area contributed by atoms with Crippen LogP contribution in [0.3, 0.4) is 0 Å². The van der Waals surface area contributed by atoms with Crippen LogP contribution in [0.5, 0.6) is 5.75 Å². The van der Waals surface area contributed by atoms with E-state index in [0.717, 1.165) is 11.1 Å². The number of halogens is 1. The maximum atomic E-state index is 13.5. The number of thiophene rings is 1. The molecule has 2 aromatic rings. The average molecular weight is 437 g/mol. The van der Waals surface area contributed by atoms with Crippen LogP contribution in [0.25, 0.3) is 0 Å². The standard InChI is InChI=1S/C21H25ClN2O4S/c1-6-14-10-23(20(25)15-11-29-19(22)18(15)27-5)16-8-12(3)13(4)9-17(16)24(14)21(26)28-7-2/h8-9,11,14H,6-7,10H2,1-5H3. The maximum absolute atomic E-state index is 13.5. The summed E-state index contributed by atoms with van der Waals surface area (Å²) in [5.41, 5.74) is 3.86. The number of anilines is 2. The molecule has 0 spiro atoms. The highest BCUT2D eigenvalue weighted by Gasteiger charge is 2.38. The maximum Gasteiger partial charge on any atom is 0.414 e. The minimum atomic E-state index is -0.396. The van der Waals surface area contributed by atoms with E-state index in [1.54, 1.807) is 22.1 Å². The van der Waals surface area contributed by atoms with E-state index in [0.29, 0.717) is 46.6 Å². The van der Waals surface area contributed by atoms with Gasteiger partial charge in [0.1, 0.15) is 4.34 Å². The van der Waals surface area contributed by atoms with Gasteiger partial charge in [0, 0.05) is 11.9 Å². The van der Waals surface area contributed by atoms with Crippen molar-refractivity contribution in [2.24, 2.45) is 0 Å². The molecule has 0 radical (unpaired) electrons. The Bertz CT molecular complexity index is 943. The minimum Gasteiger partial charge on any atom is -0.493 e. The van der Waals surface area contributed by atoms with E-state index in [2.05, 4.69) is 0 Å². The van der Waals surface area contributed by atoms with Gasteiger partial charge >= 0.3 is 6.09 Å². The minimum absolute atomic E-state index is 0.198. The Hall–Kier alpha value is -2.25. The second kappa shape index (κ2) is 8.63. The molecule has 0 saturated heterocycles. The van der Waals surface area contributed by atoms with Gasteiger partial charge in [0.25, 0.3) is 5.91 Å². The molecular weight excluding hydrogens is 412 g/mol. The number of fused-ring (bicyclic) bond motifs is 1. The first-order valence-electron chi connectivity index (χ1n) is 9.54. The Labute approximate surface area is 180 Å². The topological polar surface area (TPSA) is 59.1 Å². The molecule has 1 aliphatic rings. The normalized spacial score (nSPS) is 15.9. The van der Waals surface area contributed by atoms with E-state index in [1.807, 2.05) is 32.9 Å². The zero-order chi connectivity index (χ0) is 21.3. The molecule has 156 valence electrons. The van der Waals surface area contributed by atoms with Crippen LogP contribution in [-0.2, 0) is 4.74 Å². The van der Waals surface area contributed by atoms with Crippen molar-refractivity contribution in [3.8, 4) is 5.75 Å². The van der Waals surface area contributed by atoms with E-state index < -0.39 is 6.09 Å². The van der Waals surface area contributed by atoms with E-state index in [9.17, 15) is 9.59 Å². The summed E-state index contributed by atoms with van der Waals surface area (Å²) in [6.07, 6.45) is 0.281. The Balaban J connectivity index is 2.14. The summed E-state index contributed by atoms with van der Waals surface area (Å²) in [6, 6.07) is 3.69. The third-order valence-corrected chi connectivity index (χ3v) is 6.40. The first kappa shape index (κ1) is 21.5. The van der Waals surface area contributed by atoms with Crippen LogP contribution in [0.15, 0.2) is 17.5 Å². The molecule has 0 saturated carbocycles. The molecule has 29 heavy (non-hydrogen) atoms. The molecule has 1 aliphatic heterocycles. The van der Waals surface area contributed by atoms with Crippen LogP contribution < -0.4 is 14.5 Å². The Morgan fingerprint density at radius 3 is 2.45 bits per heavy atom. The molecule has 1 unspecified atom stereocenters. The number of methoxy groups -OCH3 is 1. The summed E-state index contributed by atoms with van der Waals surface area (Å²) in [5, 5.41) is 1.71. The number of rotatable bonds is 4. The molecule has 1 aromatic heterocycles. The largest absolute Gasteiger partial charge is 0.493 e. The smallest absolute Gasteiger partial charge is 0.414 e. The molecule has 2 heterocycles. The Morgan fingerprint density at radius 1 is 1.21 bits per heavy atom. The summed E-state index contributed by atoms with van der Waals surface area (Å²) < 4.78 is 11.1. The molecule has 0 N–H and O–H groups in total. The number of carbonyl (C=O) groups excluding carboxylic acids is 2. The Morgan fingerprint density at radius 2 is 1.86 bits per heavy atom. The van der Waals surface area contributed by atoms with Crippen LogP contribution >= 0.6 is 22.9 Å². The Kier molecular flexibility index (Phi) is 6.39. The molecule has 6 nitrogen and oxygen atoms in total. The first-order valence-corrected chi connectivity index (χ1v) is 10.8. The second-order valence-electron chi connectivity index (χ2n) is 6.93. The van der Waals surface area contributed by atoms with Gasteiger partial charge in [0.05, 0.1) is 36.7 Å². The van der Waals surface area contributed by atoms with Crippen LogP contribution in [0.4, 0.5) is 16.2 Å². The predicted octanol–water partition coefficient (Wildman–Crippen LogP) is 5.43. The van der Waals surface area contributed by atoms with Crippen molar-refractivity contribution in [2.75, 3.05) is 30.1 Å². The monoisotopic (exact) mass is 436 g/mol. The molecule has 0 aliphatic carbocycles. The second-order valence-corrected chi connectivity index (χ2v) is 8.41. The van der Waals surface area contributed by atoms with Crippen molar-refractivity contribution in [1.82, 2.24) is 0 Å². The first-order chi connectivity index (χ1) is 13.8. The fourth-order valence-electron chi connectivity index (χ4n) is 3.53. The number of benzene rings is 1. The average Bonchev–Trinajstić information content (AvgIpc) is 3.07. The summed E-state index contributed by atoms with van der Waals surface area (Å²) in [7, 11) is 1.50. The molecule has 0 fully saturated rings. The van der Waals surface area contributed by atoms with Gasteiger partial charge in [-0.1, -0.05) is 18.5 Å². The lowest BCUT2D eigenvalue weighted by atomic mass is 10.00. The van der Waals surface area contributed by atoms with Gasteiger partial charge in [-0.15, -0.1) is 11.3 Å². The van der Waals surface area contributed by atoms with Crippen molar-refractivity contribution in [1.29, 1.82) is 0 Å². The summed E-state index contributed by atoms with van der Waals surface area (Å²) in [6.45, 7) is 8.41. The zero-order valence-corrected chi connectivity index (χ0v) is 18.8. The van der Waals surface area contributed by atoms with Gasteiger partial charge in [0.2, 0.25) is 0 Å². The lowest BCUT2D eigenvalue weighted by molar-refractivity contribution is 0.0979. The summed E-state index contributed by atoms with van der Waals surface area (Å²) >= 11 is 7.44. The number of hydrogen-bond donors (Lipinski definition) is 0. The molecule has 8 heteroatoms. The fourth-order valence-corrected chi connectivity index (χ4v) is 4.58. The van der Waals surface area contributed by atoms with Gasteiger partial charge < -0.3 is 14.4 Å². The molecule has 0 bridgehead atoms. The van der Waals surface area contributed by atoms with E-state index >= 15 is 0 Å². The van der Waals surface area contributed by atoms with Crippen LogP contribution in [-0.4, -0.2) is 38.3 Å². The van der Waals surface area contributed by atoms with Crippen molar-refractivity contribution in [2.45, 2.75) is 40.2 Å². The lowest BCUT2D eigenvalue weighted by Crippen LogP contribution is -2.53. The number of ether oxygens (including phenoxy) is 2. The van der Waals surface area contributed by atoms with Gasteiger partial charge in [-0.3, -0.25) is 9.69 Å². The van der Waals surface area contributed by atoms with Crippen molar-refractivity contribution >= 4 is 46.3 Å². The zero-order valence-electron chi connectivity index (χ0n) is 17.2. The number of carbonyl (C=O) groups is 2. The highest BCUT2D eigenvalue weighted by Crippen LogP contribution is 2.42. The van der Waals surface area contributed by atoms with E-state index in [-0.39, 0.29) is 11.9 Å². The van der Waals surface area contributed by atoms with Crippen LogP contribution in [0, 0.1) is 13.8 Å². The van der Waals surface area contributed by atoms with Crippen molar-refractivity contribution < 1.29 is 19.1 Å². The highest BCUT2D eigenvalue weighted by atomic mass is 35.5.